The predicted octanol–water partition coefficient (Wildman–Crippen LogP) is 0.190. The smallest absolute Gasteiger partial charge is 0.331 e. The molecule has 1 fully saturated rings. The molecule has 9 heteroatoms. The van der Waals surface area contributed by atoms with Crippen molar-refractivity contribution in [2.24, 2.45) is 11.8 Å². The highest BCUT2D eigenvalue weighted by molar-refractivity contribution is 5.86. The molecular weight excluding hydrogens is 340 g/mol. The van der Waals surface area contributed by atoms with Gasteiger partial charge < -0.3 is 14.8 Å². The van der Waals surface area contributed by atoms with Gasteiger partial charge in [-0.15, -0.1) is 5.06 Å². The van der Waals surface area contributed by atoms with E-state index in [4.69, 9.17) is 10.0 Å². The summed E-state index contributed by atoms with van der Waals surface area (Å²) in [4.78, 5) is 35.7. The van der Waals surface area contributed by atoms with Crippen LogP contribution in [0, 0.1) is 11.8 Å². The lowest BCUT2D eigenvalue weighted by atomic mass is 9.92. The summed E-state index contributed by atoms with van der Waals surface area (Å²) in [5.74, 6) is -1.81. The van der Waals surface area contributed by atoms with Crippen LogP contribution >= 0.6 is 0 Å². The van der Waals surface area contributed by atoms with Crippen molar-refractivity contribution >= 4 is 17.7 Å². The SMILES string of the molecule is CC(C)C[C@H](C(=O)ON1CCN(c2ccccn2)CC1)[C@@H](O)C(=O)NO. The number of nitrogens with one attached hydrogen (secondary N) is 1. The highest BCUT2D eigenvalue weighted by Gasteiger charge is 2.35. The number of piperazine rings is 1. The Morgan fingerprint density at radius 1 is 1.27 bits per heavy atom. The van der Waals surface area contributed by atoms with E-state index in [0.29, 0.717) is 26.2 Å². The fourth-order valence-corrected chi connectivity index (χ4v) is 2.85. The Morgan fingerprint density at radius 2 is 1.96 bits per heavy atom. The Balaban J connectivity index is 1.92. The lowest BCUT2D eigenvalue weighted by molar-refractivity contribution is -0.202. The Labute approximate surface area is 152 Å². The average Bonchev–Trinajstić information content (AvgIpc) is 2.66. The summed E-state index contributed by atoms with van der Waals surface area (Å²) in [5.41, 5.74) is 1.38. The number of hydroxylamine groups is 3. The minimum Gasteiger partial charge on any atom is -0.382 e. The predicted molar refractivity (Wildman–Crippen MR) is 93.0 cm³/mol. The van der Waals surface area contributed by atoms with E-state index in [1.54, 1.807) is 6.20 Å². The van der Waals surface area contributed by atoms with E-state index < -0.39 is 23.9 Å². The van der Waals surface area contributed by atoms with E-state index in [1.807, 2.05) is 32.0 Å². The van der Waals surface area contributed by atoms with Crippen molar-refractivity contribution in [3.63, 3.8) is 0 Å². The fourth-order valence-electron chi connectivity index (χ4n) is 2.85. The van der Waals surface area contributed by atoms with Crippen LogP contribution in [0.1, 0.15) is 20.3 Å². The quantitative estimate of drug-likeness (QED) is 0.463. The van der Waals surface area contributed by atoms with Gasteiger partial charge >= 0.3 is 5.97 Å². The maximum atomic E-state index is 12.4. The molecule has 0 radical (unpaired) electrons. The standard InChI is InChI=1S/C17H26N4O5/c1-12(2)11-13(15(22)16(23)19-25)17(24)26-21-9-7-20(8-10-21)14-5-3-4-6-18-14/h3-6,12-13,15,22,25H,7-11H2,1-2H3,(H,19,23)/t13-,15+/m0/s1. The van der Waals surface area contributed by atoms with Crippen molar-refractivity contribution in [3.05, 3.63) is 24.4 Å². The minimum absolute atomic E-state index is 0.0645. The lowest BCUT2D eigenvalue weighted by Gasteiger charge is -2.35. The molecule has 2 rings (SSSR count). The van der Waals surface area contributed by atoms with Gasteiger partial charge in [0.05, 0.1) is 19.0 Å². The Bertz CT molecular complexity index is 590. The van der Waals surface area contributed by atoms with Gasteiger partial charge in [0.1, 0.15) is 11.9 Å². The van der Waals surface area contributed by atoms with Crippen LogP contribution in [0.15, 0.2) is 24.4 Å². The molecule has 0 saturated carbocycles. The van der Waals surface area contributed by atoms with Crippen LogP contribution in [0.2, 0.25) is 0 Å². The normalized spacial score (nSPS) is 17.7. The second-order valence-electron chi connectivity index (χ2n) is 6.67. The summed E-state index contributed by atoms with van der Waals surface area (Å²) in [6.07, 6.45) is 0.331. The van der Waals surface area contributed by atoms with E-state index in [1.165, 1.54) is 10.5 Å². The van der Waals surface area contributed by atoms with Crippen molar-refractivity contribution < 1.29 is 24.7 Å². The molecule has 2 heterocycles. The van der Waals surface area contributed by atoms with Crippen molar-refractivity contribution in [2.45, 2.75) is 26.4 Å². The highest BCUT2D eigenvalue weighted by Crippen LogP contribution is 2.20. The first-order chi connectivity index (χ1) is 12.4. The molecule has 0 aliphatic carbocycles. The summed E-state index contributed by atoms with van der Waals surface area (Å²) in [5, 5.41) is 20.2. The molecule has 3 N–H and O–H groups in total. The number of pyridine rings is 1. The van der Waals surface area contributed by atoms with Crippen molar-refractivity contribution in [1.29, 1.82) is 0 Å². The molecule has 1 aliphatic rings. The number of rotatable bonds is 7. The van der Waals surface area contributed by atoms with Crippen molar-refractivity contribution in [3.8, 4) is 0 Å². The van der Waals surface area contributed by atoms with Gasteiger partial charge in [-0.2, -0.15) is 0 Å². The van der Waals surface area contributed by atoms with Crippen LogP contribution in [-0.4, -0.2) is 64.5 Å². The zero-order valence-electron chi connectivity index (χ0n) is 15.0. The van der Waals surface area contributed by atoms with Crippen LogP contribution in [0.3, 0.4) is 0 Å². The molecule has 1 aromatic heterocycles. The monoisotopic (exact) mass is 366 g/mol. The van der Waals surface area contributed by atoms with E-state index in [9.17, 15) is 14.7 Å². The van der Waals surface area contributed by atoms with E-state index in [0.717, 1.165) is 5.82 Å². The third kappa shape index (κ3) is 5.38. The van der Waals surface area contributed by atoms with Gasteiger partial charge in [0, 0.05) is 19.3 Å². The van der Waals surface area contributed by atoms with Gasteiger partial charge in [-0.1, -0.05) is 19.9 Å². The summed E-state index contributed by atoms with van der Waals surface area (Å²) < 4.78 is 0. The number of aliphatic hydroxyl groups excluding tert-OH is 1. The Kier molecular flexibility index (Phi) is 7.31. The number of carbonyl (C=O) groups excluding carboxylic acids is 2. The number of nitrogens with zero attached hydrogens (tertiary/aromatic N) is 3. The van der Waals surface area contributed by atoms with Crippen LogP contribution in [0.25, 0.3) is 0 Å². The zero-order valence-corrected chi connectivity index (χ0v) is 15.0. The first-order valence-corrected chi connectivity index (χ1v) is 8.67. The largest absolute Gasteiger partial charge is 0.382 e. The number of hydrogen-bond donors (Lipinski definition) is 3. The maximum absolute atomic E-state index is 12.4. The van der Waals surface area contributed by atoms with Gasteiger partial charge in [-0.3, -0.25) is 10.0 Å². The molecule has 26 heavy (non-hydrogen) atoms. The molecule has 144 valence electrons. The van der Waals surface area contributed by atoms with Gasteiger partial charge in [0.25, 0.3) is 5.91 Å². The molecule has 1 aliphatic heterocycles. The van der Waals surface area contributed by atoms with E-state index in [2.05, 4.69) is 9.88 Å². The van der Waals surface area contributed by atoms with E-state index in [-0.39, 0.29) is 12.3 Å². The summed E-state index contributed by atoms with van der Waals surface area (Å²) in [6.45, 7) is 5.99. The Hall–Kier alpha value is -2.23. The molecule has 0 spiro atoms. The van der Waals surface area contributed by atoms with Crippen molar-refractivity contribution in [1.82, 2.24) is 15.5 Å². The number of amides is 1. The molecule has 9 nitrogen and oxygen atoms in total. The number of anilines is 1. The minimum atomic E-state index is -1.66. The summed E-state index contributed by atoms with van der Waals surface area (Å²) >= 11 is 0. The molecule has 2 atom stereocenters. The average molecular weight is 366 g/mol. The first-order valence-electron chi connectivity index (χ1n) is 8.67. The van der Waals surface area contributed by atoms with E-state index >= 15 is 0 Å². The van der Waals surface area contributed by atoms with Gasteiger partial charge in [-0.05, 0) is 24.5 Å². The van der Waals surface area contributed by atoms with Gasteiger partial charge in [0.15, 0.2) is 0 Å². The molecule has 0 unspecified atom stereocenters. The zero-order chi connectivity index (χ0) is 19.1. The number of aromatic nitrogens is 1. The topological polar surface area (TPSA) is 115 Å². The fraction of sp³-hybridized carbons (Fsp3) is 0.588. The first kappa shape index (κ1) is 20.1. The molecule has 1 aromatic rings. The van der Waals surface area contributed by atoms with Crippen LogP contribution in [0.5, 0.6) is 0 Å². The molecule has 0 aromatic carbocycles. The third-order valence-corrected chi connectivity index (χ3v) is 4.22. The summed E-state index contributed by atoms with van der Waals surface area (Å²) in [6, 6.07) is 5.69. The maximum Gasteiger partial charge on any atom is 0.331 e. The third-order valence-electron chi connectivity index (χ3n) is 4.22. The Morgan fingerprint density at radius 3 is 2.50 bits per heavy atom. The van der Waals surface area contributed by atoms with Crippen LogP contribution in [-0.2, 0) is 14.4 Å². The number of aliphatic hydroxyl groups is 1. The second kappa shape index (κ2) is 9.46. The number of hydrogen-bond acceptors (Lipinski definition) is 8. The second-order valence-corrected chi connectivity index (χ2v) is 6.67. The molecule has 1 amide bonds. The highest BCUT2D eigenvalue weighted by atomic mass is 16.7. The van der Waals surface area contributed by atoms with Crippen LogP contribution < -0.4 is 10.4 Å². The molecule has 1 saturated heterocycles. The van der Waals surface area contributed by atoms with Gasteiger partial charge in [-0.25, -0.2) is 15.3 Å². The molecule has 0 bridgehead atoms. The summed E-state index contributed by atoms with van der Waals surface area (Å²) in [7, 11) is 0. The van der Waals surface area contributed by atoms with Crippen LogP contribution in [0.4, 0.5) is 5.82 Å². The lowest BCUT2D eigenvalue weighted by Crippen LogP contribution is -2.49. The van der Waals surface area contributed by atoms with Gasteiger partial charge in [0.2, 0.25) is 0 Å². The molecular formula is C17H26N4O5. The number of carbonyl (C=O) groups is 2. The van der Waals surface area contributed by atoms with Crippen molar-refractivity contribution in [2.75, 3.05) is 31.1 Å².